The zero-order valence-corrected chi connectivity index (χ0v) is 9.90. The zero-order valence-electron chi connectivity index (χ0n) is 9.90. The summed E-state index contributed by atoms with van der Waals surface area (Å²) in [6.07, 6.45) is 2.45. The highest BCUT2D eigenvalue weighted by Gasteiger charge is 2.22. The lowest BCUT2D eigenvalue weighted by molar-refractivity contribution is -0.126. The van der Waals surface area contributed by atoms with Crippen molar-refractivity contribution in [1.82, 2.24) is 9.78 Å². The lowest BCUT2D eigenvalue weighted by Crippen LogP contribution is -2.27. The summed E-state index contributed by atoms with van der Waals surface area (Å²) in [6.45, 7) is 3.34. The molecule has 0 spiro atoms. The van der Waals surface area contributed by atoms with Gasteiger partial charge in [0.05, 0.1) is 12.3 Å². The molecule has 0 radical (unpaired) electrons. The average molecular weight is 222 g/mol. The molecule has 1 fully saturated rings. The van der Waals surface area contributed by atoms with Crippen LogP contribution < -0.4 is 0 Å². The fraction of sp³-hybridized carbons (Fsp3) is 0.667. The van der Waals surface area contributed by atoms with E-state index in [4.69, 9.17) is 4.74 Å². The van der Waals surface area contributed by atoms with Crippen LogP contribution in [0, 0.1) is 12.8 Å². The molecule has 1 unspecified atom stereocenters. The highest BCUT2D eigenvalue weighted by atomic mass is 16.5. The van der Waals surface area contributed by atoms with Gasteiger partial charge in [0.25, 0.3) is 0 Å². The summed E-state index contributed by atoms with van der Waals surface area (Å²) in [6, 6.07) is 1.97. The first-order chi connectivity index (χ1) is 7.66. The van der Waals surface area contributed by atoms with E-state index in [0.717, 1.165) is 30.8 Å². The minimum absolute atomic E-state index is 0.0870. The van der Waals surface area contributed by atoms with Gasteiger partial charge in [0.2, 0.25) is 0 Å². The first-order valence-electron chi connectivity index (χ1n) is 5.77. The number of ether oxygens (including phenoxy) is 1. The Morgan fingerprint density at radius 1 is 1.69 bits per heavy atom. The smallest absolute Gasteiger partial charge is 0.144 e. The lowest BCUT2D eigenvalue weighted by Gasteiger charge is -2.20. The molecule has 1 saturated heterocycles. The van der Waals surface area contributed by atoms with E-state index in [9.17, 15) is 4.79 Å². The molecule has 0 bridgehead atoms. The highest BCUT2D eigenvalue weighted by molar-refractivity contribution is 5.83. The number of carbonyl (C=O) groups is 1. The topological polar surface area (TPSA) is 44.1 Å². The fourth-order valence-electron chi connectivity index (χ4n) is 2.15. The summed E-state index contributed by atoms with van der Waals surface area (Å²) < 4.78 is 7.12. The Balaban J connectivity index is 1.98. The molecule has 1 aromatic heterocycles. The predicted octanol–water partition coefficient (Wildman–Crippen LogP) is 1.27. The summed E-state index contributed by atoms with van der Waals surface area (Å²) in [4.78, 5) is 12.0. The summed E-state index contributed by atoms with van der Waals surface area (Å²) in [7, 11) is 1.88. The van der Waals surface area contributed by atoms with Crippen LogP contribution in [0.1, 0.15) is 24.2 Å². The molecule has 2 heterocycles. The predicted molar refractivity (Wildman–Crippen MR) is 60.2 cm³/mol. The number of carbonyl (C=O) groups excluding carboxylic acids is 1. The number of aromatic nitrogens is 2. The molecule has 1 aliphatic rings. The second kappa shape index (κ2) is 4.78. The van der Waals surface area contributed by atoms with Gasteiger partial charge in [-0.05, 0) is 25.8 Å². The van der Waals surface area contributed by atoms with Gasteiger partial charge in [-0.2, -0.15) is 5.10 Å². The number of Topliss-reactive ketones (excluding diaryl/α,β-unsaturated/α-hetero) is 1. The van der Waals surface area contributed by atoms with Crippen molar-refractivity contribution >= 4 is 5.78 Å². The Morgan fingerprint density at radius 3 is 3.06 bits per heavy atom. The maximum Gasteiger partial charge on any atom is 0.144 e. The van der Waals surface area contributed by atoms with Gasteiger partial charge in [-0.25, -0.2) is 0 Å². The second-order valence-corrected chi connectivity index (χ2v) is 4.46. The Hall–Kier alpha value is -1.16. The van der Waals surface area contributed by atoms with E-state index in [-0.39, 0.29) is 11.7 Å². The van der Waals surface area contributed by atoms with Crippen molar-refractivity contribution < 1.29 is 9.53 Å². The molecule has 2 rings (SSSR count). The zero-order chi connectivity index (χ0) is 11.5. The number of nitrogens with zero attached hydrogens (tertiary/aromatic N) is 2. The molecular weight excluding hydrogens is 204 g/mol. The Kier molecular flexibility index (Phi) is 3.39. The van der Waals surface area contributed by atoms with Crippen molar-refractivity contribution in [2.24, 2.45) is 13.0 Å². The number of rotatable bonds is 3. The average Bonchev–Trinajstić information content (AvgIpc) is 2.59. The van der Waals surface area contributed by atoms with E-state index in [0.29, 0.717) is 13.0 Å². The van der Waals surface area contributed by atoms with E-state index < -0.39 is 0 Å². The molecular formula is C12H18N2O2. The van der Waals surface area contributed by atoms with Gasteiger partial charge in [-0.3, -0.25) is 9.48 Å². The van der Waals surface area contributed by atoms with Gasteiger partial charge in [-0.1, -0.05) is 0 Å². The van der Waals surface area contributed by atoms with Crippen LogP contribution in [0.4, 0.5) is 0 Å². The molecule has 0 N–H and O–H groups in total. The maximum absolute atomic E-state index is 12.0. The first-order valence-corrected chi connectivity index (χ1v) is 5.77. The van der Waals surface area contributed by atoms with Crippen LogP contribution in [0.3, 0.4) is 0 Å². The molecule has 1 aliphatic heterocycles. The monoisotopic (exact) mass is 222 g/mol. The highest BCUT2D eigenvalue weighted by Crippen LogP contribution is 2.17. The van der Waals surface area contributed by atoms with E-state index >= 15 is 0 Å². The van der Waals surface area contributed by atoms with Crippen molar-refractivity contribution in [3.8, 4) is 0 Å². The van der Waals surface area contributed by atoms with E-state index in [1.54, 1.807) is 4.68 Å². The van der Waals surface area contributed by atoms with Gasteiger partial charge in [0.1, 0.15) is 5.78 Å². The number of hydrogen-bond acceptors (Lipinski definition) is 3. The van der Waals surface area contributed by atoms with Crippen molar-refractivity contribution in [3.05, 3.63) is 17.5 Å². The number of aryl methyl sites for hydroxylation is 2. The minimum atomic E-state index is 0.0870. The normalized spacial score (nSPS) is 21.0. The van der Waals surface area contributed by atoms with Crippen LogP contribution in [0.5, 0.6) is 0 Å². The summed E-state index contributed by atoms with van der Waals surface area (Å²) >= 11 is 0. The van der Waals surface area contributed by atoms with Gasteiger partial charge in [-0.15, -0.1) is 0 Å². The number of ketones is 1. The SMILES string of the molecule is Cc1cc(CC(=O)C2CCCOC2)n(C)n1. The van der Waals surface area contributed by atoms with Crippen LogP contribution in [-0.2, 0) is 23.0 Å². The molecule has 1 atom stereocenters. The molecule has 0 aromatic carbocycles. The Bertz CT molecular complexity index is 378. The maximum atomic E-state index is 12.0. The van der Waals surface area contributed by atoms with Gasteiger partial charge in [0, 0.05) is 31.7 Å². The summed E-state index contributed by atoms with van der Waals surface area (Å²) in [5.74, 6) is 0.367. The summed E-state index contributed by atoms with van der Waals surface area (Å²) in [5, 5.41) is 4.24. The minimum Gasteiger partial charge on any atom is -0.381 e. The van der Waals surface area contributed by atoms with Crippen molar-refractivity contribution in [1.29, 1.82) is 0 Å². The van der Waals surface area contributed by atoms with E-state index in [2.05, 4.69) is 5.10 Å². The van der Waals surface area contributed by atoms with Crippen LogP contribution in [0.15, 0.2) is 6.07 Å². The molecule has 0 aliphatic carbocycles. The third-order valence-corrected chi connectivity index (χ3v) is 3.07. The van der Waals surface area contributed by atoms with Gasteiger partial charge < -0.3 is 4.74 Å². The molecule has 0 amide bonds. The van der Waals surface area contributed by atoms with Crippen molar-refractivity contribution in [2.75, 3.05) is 13.2 Å². The molecule has 4 heteroatoms. The van der Waals surface area contributed by atoms with E-state index in [1.165, 1.54) is 0 Å². The van der Waals surface area contributed by atoms with Gasteiger partial charge in [0.15, 0.2) is 0 Å². The molecule has 1 aromatic rings. The number of hydrogen-bond donors (Lipinski definition) is 0. The Labute approximate surface area is 95.6 Å². The quantitative estimate of drug-likeness (QED) is 0.773. The van der Waals surface area contributed by atoms with Crippen molar-refractivity contribution in [3.63, 3.8) is 0 Å². The third-order valence-electron chi connectivity index (χ3n) is 3.07. The van der Waals surface area contributed by atoms with Crippen LogP contribution in [0.25, 0.3) is 0 Å². The van der Waals surface area contributed by atoms with Crippen LogP contribution in [0.2, 0.25) is 0 Å². The fourth-order valence-corrected chi connectivity index (χ4v) is 2.15. The molecule has 0 saturated carbocycles. The van der Waals surface area contributed by atoms with E-state index in [1.807, 2.05) is 20.0 Å². The lowest BCUT2D eigenvalue weighted by atomic mass is 9.94. The molecule has 88 valence electrons. The molecule has 4 nitrogen and oxygen atoms in total. The van der Waals surface area contributed by atoms with Gasteiger partial charge >= 0.3 is 0 Å². The molecule has 16 heavy (non-hydrogen) atoms. The van der Waals surface area contributed by atoms with Crippen LogP contribution >= 0.6 is 0 Å². The third kappa shape index (κ3) is 2.50. The van der Waals surface area contributed by atoms with Crippen LogP contribution in [-0.4, -0.2) is 28.8 Å². The summed E-state index contributed by atoms with van der Waals surface area (Å²) in [5.41, 5.74) is 1.96. The van der Waals surface area contributed by atoms with Crippen molar-refractivity contribution in [2.45, 2.75) is 26.2 Å². The second-order valence-electron chi connectivity index (χ2n) is 4.46. The first kappa shape index (κ1) is 11.3. The standard InChI is InChI=1S/C12H18N2O2/c1-9-6-11(14(2)13-9)7-12(15)10-4-3-5-16-8-10/h6,10H,3-5,7-8H2,1-2H3. The largest absolute Gasteiger partial charge is 0.381 e. The Morgan fingerprint density at radius 2 is 2.50 bits per heavy atom.